The number of amides is 3. The molecule has 4 aromatic rings. The van der Waals surface area contributed by atoms with E-state index in [1.54, 1.807) is 25.2 Å². The number of carbonyl (C=O) groups excluding carboxylic acids is 3. The average molecular weight is 690 g/mol. The van der Waals surface area contributed by atoms with Gasteiger partial charge < -0.3 is 19.7 Å². The second-order valence-corrected chi connectivity index (χ2v) is 15.2. The van der Waals surface area contributed by atoms with E-state index in [4.69, 9.17) is 9.97 Å². The predicted octanol–water partition coefficient (Wildman–Crippen LogP) is 5.40. The van der Waals surface area contributed by atoms with Gasteiger partial charge in [0, 0.05) is 69.7 Å². The number of piperidine rings is 2. The Hall–Kier alpha value is -4.84. The number of nitrogens with one attached hydrogen (secondary N) is 2. The number of benzene rings is 1. The lowest BCUT2D eigenvalue weighted by atomic mass is 9.77. The third-order valence-electron chi connectivity index (χ3n) is 11.6. The summed E-state index contributed by atoms with van der Waals surface area (Å²) in [6, 6.07) is 14.7. The lowest BCUT2D eigenvalue weighted by molar-refractivity contribution is -0.134. The van der Waals surface area contributed by atoms with Gasteiger partial charge in [0.05, 0.1) is 5.92 Å². The molecule has 12 nitrogen and oxygen atoms in total. The number of imide groups is 1. The molecule has 12 heteroatoms. The molecule has 3 saturated heterocycles. The van der Waals surface area contributed by atoms with Crippen LogP contribution in [0.5, 0.6) is 0 Å². The van der Waals surface area contributed by atoms with Crippen LogP contribution in [-0.2, 0) is 16.1 Å². The maximum Gasteiger partial charge on any atom is 0.270 e. The van der Waals surface area contributed by atoms with Gasteiger partial charge >= 0.3 is 0 Å². The SMILES string of the molecule is CN(C)C(=O)c1cc2cnc(Nc3ccc(CN4CCC5(CC4)CCN(c4ccc(C6CCC(=O)NC6=O)cc4)C5)cn3)nc2n1C1CCCC1. The lowest BCUT2D eigenvalue weighted by Gasteiger charge is -2.39. The number of nitrogens with zero attached hydrogens (tertiary/aromatic N) is 7. The van der Waals surface area contributed by atoms with Gasteiger partial charge in [0.15, 0.2) is 0 Å². The first-order valence-corrected chi connectivity index (χ1v) is 18.5. The van der Waals surface area contributed by atoms with Crippen LogP contribution in [0.25, 0.3) is 11.0 Å². The standard InChI is InChI=1S/C39H47N9O3/c1-45(2)37(51)32-21-28-23-41-38(44-35(28)48(32)30-5-3-4-6-30)42-33-13-7-26(22-40-33)24-46-18-15-39(16-19-46)17-20-47(25-39)29-10-8-27(9-11-29)31-12-14-34(49)43-36(31)50/h7-11,13,21-23,30-31H,3-6,12,14-20,24-25H2,1-2H3,(H,43,49,50)(H,40,41,42,44). The highest BCUT2D eigenvalue weighted by molar-refractivity contribution is 6.01. The van der Waals surface area contributed by atoms with E-state index in [2.05, 4.69) is 60.3 Å². The fourth-order valence-electron chi connectivity index (χ4n) is 8.64. The summed E-state index contributed by atoms with van der Waals surface area (Å²) in [6.07, 6.45) is 12.7. The predicted molar refractivity (Wildman–Crippen MR) is 196 cm³/mol. The van der Waals surface area contributed by atoms with Crippen LogP contribution in [-0.4, -0.2) is 87.3 Å². The Morgan fingerprint density at radius 1 is 0.961 bits per heavy atom. The van der Waals surface area contributed by atoms with Crippen LogP contribution in [0.15, 0.2) is 54.9 Å². The number of aromatic nitrogens is 4. The van der Waals surface area contributed by atoms with Crippen molar-refractivity contribution in [1.29, 1.82) is 0 Å². The number of hydrogen-bond donors (Lipinski definition) is 2. The Morgan fingerprint density at radius 2 is 1.73 bits per heavy atom. The van der Waals surface area contributed by atoms with Crippen molar-refractivity contribution in [3.05, 3.63) is 71.7 Å². The summed E-state index contributed by atoms with van der Waals surface area (Å²) < 4.78 is 2.13. The molecule has 1 atom stereocenters. The van der Waals surface area contributed by atoms with E-state index in [-0.39, 0.29) is 29.7 Å². The van der Waals surface area contributed by atoms with Crippen molar-refractivity contribution in [1.82, 2.24) is 34.6 Å². The minimum atomic E-state index is -0.242. The number of likely N-dealkylation sites (tertiary alicyclic amines) is 1. The molecule has 1 spiro atoms. The van der Waals surface area contributed by atoms with E-state index >= 15 is 0 Å². The average Bonchev–Trinajstić information content (AvgIpc) is 3.89. The van der Waals surface area contributed by atoms with Gasteiger partial charge in [0.25, 0.3) is 5.91 Å². The van der Waals surface area contributed by atoms with Crippen molar-refractivity contribution in [2.45, 2.75) is 76.3 Å². The van der Waals surface area contributed by atoms with Gasteiger partial charge in [0.2, 0.25) is 17.8 Å². The molecule has 0 bridgehead atoms. The van der Waals surface area contributed by atoms with Crippen LogP contribution in [0.4, 0.5) is 17.5 Å². The molecule has 51 heavy (non-hydrogen) atoms. The van der Waals surface area contributed by atoms with E-state index < -0.39 is 0 Å². The van der Waals surface area contributed by atoms with Crippen molar-refractivity contribution in [2.75, 3.05) is 50.5 Å². The molecule has 0 radical (unpaired) electrons. The maximum absolute atomic E-state index is 13.1. The zero-order valence-electron chi connectivity index (χ0n) is 29.6. The zero-order valence-corrected chi connectivity index (χ0v) is 29.6. The maximum atomic E-state index is 13.1. The van der Waals surface area contributed by atoms with Crippen LogP contribution in [0.3, 0.4) is 0 Å². The minimum Gasteiger partial charge on any atom is -0.371 e. The van der Waals surface area contributed by atoms with Crippen LogP contribution < -0.4 is 15.5 Å². The number of hydrogen-bond acceptors (Lipinski definition) is 9. The van der Waals surface area contributed by atoms with Gasteiger partial charge in [-0.15, -0.1) is 0 Å². The minimum absolute atomic E-state index is 0.0172. The molecular formula is C39H47N9O3. The first kappa shape index (κ1) is 33.3. The fraction of sp³-hybridized carbons (Fsp3) is 0.487. The Balaban J connectivity index is 0.858. The van der Waals surface area contributed by atoms with Crippen molar-refractivity contribution in [3.63, 3.8) is 0 Å². The number of pyridine rings is 1. The second-order valence-electron chi connectivity index (χ2n) is 15.2. The third kappa shape index (κ3) is 6.81. The van der Waals surface area contributed by atoms with Crippen molar-refractivity contribution in [2.24, 2.45) is 5.41 Å². The molecular weight excluding hydrogens is 642 g/mol. The number of rotatable bonds is 8. The first-order valence-electron chi connectivity index (χ1n) is 18.5. The summed E-state index contributed by atoms with van der Waals surface area (Å²) in [5.74, 6) is 0.545. The molecule has 3 aliphatic heterocycles. The summed E-state index contributed by atoms with van der Waals surface area (Å²) in [7, 11) is 3.57. The van der Waals surface area contributed by atoms with E-state index in [1.807, 2.05) is 18.3 Å². The smallest absolute Gasteiger partial charge is 0.270 e. The topological polar surface area (TPSA) is 129 Å². The van der Waals surface area contributed by atoms with Gasteiger partial charge in [0.1, 0.15) is 17.2 Å². The molecule has 1 unspecified atom stereocenters. The van der Waals surface area contributed by atoms with Gasteiger partial charge in [-0.25, -0.2) is 9.97 Å². The first-order chi connectivity index (χ1) is 24.7. The molecule has 1 saturated carbocycles. The lowest BCUT2D eigenvalue weighted by Crippen LogP contribution is -2.41. The molecule has 3 aromatic heterocycles. The highest BCUT2D eigenvalue weighted by atomic mass is 16.2. The number of anilines is 3. The number of fused-ring (bicyclic) bond motifs is 1. The second kappa shape index (κ2) is 13.7. The van der Waals surface area contributed by atoms with Gasteiger partial charge in [-0.3, -0.25) is 24.6 Å². The zero-order chi connectivity index (χ0) is 35.1. The van der Waals surface area contributed by atoms with Crippen LogP contribution in [0.2, 0.25) is 0 Å². The summed E-state index contributed by atoms with van der Waals surface area (Å²) in [4.78, 5) is 57.7. The summed E-state index contributed by atoms with van der Waals surface area (Å²) >= 11 is 0. The highest BCUT2D eigenvalue weighted by Gasteiger charge is 2.40. The van der Waals surface area contributed by atoms with E-state index in [0.717, 1.165) is 75.0 Å². The molecule has 4 fully saturated rings. The van der Waals surface area contributed by atoms with Gasteiger partial charge in [-0.1, -0.05) is 31.0 Å². The van der Waals surface area contributed by atoms with E-state index in [0.29, 0.717) is 35.7 Å². The Kier molecular flexibility index (Phi) is 8.95. The fourth-order valence-corrected chi connectivity index (χ4v) is 8.64. The van der Waals surface area contributed by atoms with E-state index in [1.165, 1.54) is 30.5 Å². The molecule has 1 aliphatic carbocycles. The Morgan fingerprint density at radius 3 is 2.43 bits per heavy atom. The van der Waals surface area contributed by atoms with Crippen molar-refractivity contribution >= 4 is 46.2 Å². The molecule has 266 valence electrons. The Bertz CT molecular complexity index is 1920. The normalized spacial score (nSPS) is 21.1. The molecule has 2 N–H and O–H groups in total. The Labute approximate surface area is 298 Å². The summed E-state index contributed by atoms with van der Waals surface area (Å²) in [5, 5.41) is 6.63. The molecule has 1 aromatic carbocycles. The van der Waals surface area contributed by atoms with Crippen LogP contribution in [0, 0.1) is 5.41 Å². The monoisotopic (exact) mass is 689 g/mol. The van der Waals surface area contributed by atoms with Crippen molar-refractivity contribution < 1.29 is 14.4 Å². The molecule has 4 aliphatic rings. The third-order valence-corrected chi connectivity index (χ3v) is 11.6. The highest BCUT2D eigenvalue weighted by Crippen LogP contribution is 2.42. The quantitative estimate of drug-likeness (QED) is 0.234. The van der Waals surface area contributed by atoms with Crippen LogP contribution in [0.1, 0.15) is 91.4 Å². The molecule has 8 rings (SSSR count). The van der Waals surface area contributed by atoms with Crippen LogP contribution >= 0.6 is 0 Å². The number of carbonyl (C=O) groups is 3. The summed E-state index contributed by atoms with van der Waals surface area (Å²) in [6.45, 7) is 5.11. The van der Waals surface area contributed by atoms with Gasteiger partial charge in [-0.05, 0) is 92.4 Å². The molecule has 3 amide bonds. The largest absolute Gasteiger partial charge is 0.371 e. The van der Waals surface area contributed by atoms with Crippen molar-refractivity contribution in [3.8, 4) is 0 Å². The summed E-state index contributed by atoms with van der Waals surface area (Å²) in [5.41, 5.74) is 5.17. The van der Waals surface area contributed by atoms with Gasteiger partial charge in [-0.2, -0.15) is 4.98 Å². The van der Waals surface area contributed by atoms with E-state index in [9.17, 15) is 14.4 Å². The molecule has 6 heterocycles.